The van der Waals surface area contributed by atoms with Crippen molar-refractivity contribution in [3.63, 3.8) is 0 Å². The normalized spacial score (nSPS) is 20.9. The van der Waals surface area contributed by atoms with E-state index in [1.165, 1.54) is 0 Å². The lowest BCUT2D eigenvalue weighted by atomic mass is 9.82. The molecule has 1 aliphatic carbocycles. The maximum Gasteiger partial charge on any atom is 0.147 e. The van der Waals surface area contributed by atoms with Crippen LogP contribution in [0, 0.1) is 0 Å². The Morgan fingerprint density at radius 1 is 1.19 bits per heavy atom. The summed E-state index contributed by atoms with van der Waals surface area (Å²) in [5, 5.41) is 0. The molecule has 0 aromatic heterocycles. The van der Waals surface area contributed by atoms with Crippen molar-refractivity contribution in [2.24, 2.45) is 0 Å². The highest BCUT2D eigenvalue weighted by atomic mass is 16.5. The number of Topliss-reactive ketones (excluding diaryl/α,β-unsaturated/α-hetero) is 2. The molecule has 2 rings (SSSR count). The second-order valence-electron chi connectivity index (χ2n) is 4.05. The van der Waals surface area contributed by atoms with Crippen molar-refractivity contribution in [2.45, 2.75) is 25.2 Å². The molecule has 3 heteroatoms. The molecular weight excluding hydrogens is 204 g/mol. The van der Waals surface area contributed by atoms with E-state index in [1.54, 1.807) is 7.11 Å². The molecule has 1 aliphatic rings. The van der Waals surface area contributed by atoms with E-state index in [0.717, 1.165) is 11.3 Å². The van der Waals surface area contributed by atoms with Gasteiger partial charge in [-0.05, 0) is 24.1 Å². The Labute approximate surface area is 94.4 Å². The predicted octanol–water partition coefficient (Wildman–Crippen LogP) is 2.10. The number of methoxy groups -OCH3 is 1. The molecule has 0 spiro atoms. The van der Waals surface area contributed by atoms with E-state index in [-0.39, 0.29) is 23.9 Å². The van der Waals surface area contributed by atoms with Crippen LogP contribution < -0.4 is 4.74 Å². The number of carbonyl (C=O) groups is 2. The molecule has 1 unspecified atom stereocenters. The standard InChI is InChI=1S/C13H14O3/c1-16-11-5-2-9(3-6-11)12-7-4-10(14)8-13(12)15/h2-3,5-6,12H,4,7-8H2,1H3. The van der Waals surface area contributed by atoms with E-state index in [0.29, 0.717) is 12.8 Å². The molecule has 1 saturated carbocycles. The van der Waals surface area contributed by atoms with Crippen LogP contribution in [-0.2, 0) is 9.59 Å². The zero-order chi connectivity index (χ0) is 11.5. The van der Waals surface area contributed by atoms with Crippen molar-refractivity contribution in [1.29, 1.82) is 0 Å². The maximum atomic E-state index is 11.7. The molecule has 3 nitrogen and oxygen atoms in total. The predicted molar refractivity (Wildman–Crippen MR) is 59.6 cm³/mol. The maximum absolute atomic E-state index is 11.7. The molecular formula is C13H14O3. The van der Waals surface area contributed by atoms with E-state index in [1.807, 2.05) is 24.3 Å². The smallest absolute Gasteiger partial charge is 0.147 e. The Hall–Kier alpha value is -1.64. The number of ketones is 2. The van der Waals surface area contributed by atoms with Crippen LogP contribution in [0.25, 0.3) is 0 Å². The topological polar surface area (TPSA) is 43.4 Å². The van der Waals surface area contributed by atoms with E-state index in [9.17, 15) is 9.59 Å². The fourth-order valence-electron chi connectivity index (χ4n) is 2.06. The van der Waals surface area contributed by atoms with Gasteiger partial charge >= 0.3 is 0 Å². The Morgan fingerprint density at radius 2 is 1.88 bits per heavy atom. The SMILES string of the molecule is COc1ccc(C2CCC(=O)CC2=O)cc1. The lowest BCUT2D eigenvalue weighted by molar-refractivity contribution is -0.130. The van der Waals surface area contributed by atoms with Gasteiger partial charge in [0.15, 0.2) is 0 Å². The third-order valence-electron chi connectivity index (χ3n) is 2.99. The largest absolute Gasteiger partial charge is 0.497 e. The van der Waals surface area contributed by atoms with Crippen LogP contribution in [0.4, 0.5) is 0 Å². The minimum absolute atomic E-state index is 0.0430. The number of hydrogen-bond donors (Lipinski definition) is 0. The van der Waals surface area contributed by atoms with Crippen molar-refractivity contribution >= 4 is 11.6 Å². The first-order chi connectivity index (χ1) is 7.70. The first-order valence-corrected chi connectivity index (χ1v) is 5.39. The van der Waals surface area contributed by atoms with Gasteiger partial charge in [0.25, 0.3) is 0 Å². The Kier molecular flexibility index (Phi) is 3.04. The van der Waals surface area contributed by atoms with Gasteiger partial charge in [-0.3, -0.25) is 9.59 Å². The lowest BCUT2D eigenvalue weighted by Crippen LogP contribution is -2.23. The molecule has 16 heavy (non-hydrogen) atoms. The first kappa shape index (κ1) is 10.9. The number of benzene rings is 1. The summed E-state index contributed by atoms with van der Waals surface area (Å²) >= 11 is 0. The van der Waals surface area contributed by atoms with Gasteiger partial charge in [-0.2, -0.15) is 0 Å². The number of hydrogen-bond acceptors (Lipinski definition) is 3. The summed E-state index contributed by atoms with van der Waals surface area (Å²) in [7, 11) is 1.61. The van der Waals surface area contributed by atoms with Crippen molar-refractivity contribution in [2.75, 3.05) is 7.11 Å². The van der Waals surface area contributed by atoms with Crippen molar-refractivity contribution < 1.29 is 14.3 Å². The van der Waals surface area contributed by atoms with Crippen LogP contribution in [-0.4, -0.2) is 18.7 Å². The van der Waals surface area contributed by atoms with Gasteiger partial charge in [-0.1, -0.05) is 12.1 Å². The van der Waals surface area contributed by atoms with E-state index >= 15 is 0 Å². The second-order valence-corrected chi connectivity index (χ2v) is 4.05. The molecule has 1 atom stereocenters. The Morgan fingerprint density at radius 3 is 2.44 bits per heavy atom. The van der Waals surface area contributed by atoms with Gasteiger partial charge < -0.3 is 4.74 Å². The molecule has 0 bridgehead atoms. The minimum Gasteiger partial charge on any atom is -0.497 e. The number of ether oxygens (including phenoxy) is 1. The quantitative estimate of drug-likeness (QED) is 0.714. The van der Waals surface area contributed by atoms with Gasteiger partial charge in [-0.25, -0.2) is 0 Å². The molecule has 0 heterocycles. The highest BCUT2D eigenvalue weighted by Crippen LogP contribution is 2.29. The fourth-order valence-corrected chi connectivity index (χ4v) is 2.06. The summed E-state index contributed by atoms with van der Waals surface area (Å²) in [5.41, 5.74) is 0.985. The van der Waals surface area contributed by atoms with E-state index in [2.05, 4.69) is 0 Å². The molecule has 0 aliphatic heterocycles. The van der Waals surface area contributed by atoms with Crippen molar-refractivity contribution in [3.05, 3.63) is 29.8 Å². The molecule has 0 radical (unpaired) electrons. The number of rotatable bonds is 2. The van der Waals surface area contributed by atoms with Crippen LogP contribution in [0.5, 0.6) is 5.75 Å². The van der Waals surface area contributed by atoms with Crippen LogP contribution >= 0.6 is 0 Å². The molecule has 84 valence electrons. The zero-order valence-corrected chi connectivity index (χ0v) is 9.23. The Balaban J connectivity index is 2.17. The molecule has 0 amide bonds. The van der Waals surface area contributed by atoms with Crippen molar-refractivity contribution in [3.8, 4) is 5.75 Å². The lowest BCUT2D eigenvalue weighted by Gasteiger charge is -2.20. The summed E-state index contributed by atoms with van der Waals surface area (Å²) in [4.78, 5) is 22.8. The summed E-state index contributed by atoms with van der Waals surface area (Å²) < 4.78 is 5.06. The van der Waals surface area contributed by atoms with Gasteiger partial charge in [-0.15, -0.1) is 0 Å². The highest BCUT2D eigenvalue weighted by Gasteiger charge is 2.27. The molecule has 1 aromatic rings. The van der Waals surface area contributed by atoms with Crippen LogP contribution in [0.2, 0.25) is 0 Å². The third kappa shape index (κ3) is 2.13. The van der Waals surface area contributed by atoms with E-state index < -0.39 is 0 Å². The van der Waals surface area contributed by atoms with Crippen LogP contribution in [0.1, 0.15) is 30.7 Å². The zero-order valence-electron chi connectivity index (χ0n) is 9.23. The number of carbonyl (C=O) groups excluding carboxylic acids is 2. The molecule has 1 aromatic carbocycles. The minimum atomic E-state index is -0.108. The van der Waals surface area contributed by atoms with Gasteiger partial charge in [0.2, 0.25) is 0 Å². The van der Waals surface area contributed by atoms with Gasteiger partial charge in [0, 0.05) is 12.3 Å². The summed E-state index contributed by atoms with van der Waals surface area (Å²) in [6.45, 7) is 0. The monoisotopic (exact) mass is 218 g/mol. The average Bonchev–Trinajstić information content (AvgIpc) is 2.29. The van der Waals surface area contributed by atoms with Crippen LogP contribution in [0.3, 0.4) is 0 Å². The average molecular weight is 218 g/mol. The fraction of sp³-hybridized carbons (Fsp3) is 0.385. The highest BCUT2D eigenvalue weighted by molar-refractivity contribution is 6.04. The van der Waals surface area contributed by atoms with Gasteiger partial charge in [0.1, 0.15) is 17.3 Å². The van der Waals surface area contributed by atoms with Gasteiger partial charge in [0.05, 0.1) is 13.5 Å². The second kappa shape index (κ2) is 4.47. The molecule has 0 N–H and O–H groups in total. The first-order valence-electron chi connectivity index (χ1n) is 5.39. The van der Waals surface area contributed by atoms with E-state index in [4.69, 9.17) is 4.74 Å². The Bertz CT molecular complexity index is 406. The van der Waals surface area contributed by atoms with Crippen molar-refractivity contribution in [1.82, 2.24) is 0 Å². The third-order valence-corrected chi connectivity index (χ3v) is 2.99. The summed E-state index contributed by atoms with van der Waals surface area (Å²) in [6, 6.07) is 7.49. The van der Waals surface area contributed by atoms with Crippen LogP contribution in [0.15, 0.2) is 24.3 Å². The molecule has 0 saturated heterocycles. The summed E-state index contributed by atoms with van der Waals surface area (Å²) in [5.74, 6) is 0.780. The summed E-state index contributed by atoms with van der Waals surface area (Å²) in [6.07, 6.45) is 1.25. The molecule has 1 fully saturated rings.